The number of amides is 2. The van der Waals surface area contributed by atoms with Gasteiger partial charge in [0.2, 0.25) is 11.8 Å². The van der Waals surface area contributed by atoms with Gasteiger partial charge in [0.1, 0.15) is 12.6 Å². The molecule has 236 valence electrons. The van der Waals surface area contributed by atoms with E-state index in [1.54, 1.807) is 37.3 Å². The number of benzene rings is 4. The summed E-state index contributed by atoms with van der Waals surface area (Å²) in [6.07, 6.45) is 0.229. The molecule has 45 heavy (non-hydrogen) atoms. The lowest BCUT2D eigenvalue weighted by molar-refractivity contribution is -0.140. The van der Waals surface area contributed by atoms with E-state index >= 15 is 0 Å². The SMILES string of the molecule is Cc1ccc(Cl)cc1N(CC(=O)N(Cc1ccc(Br)cc1)[C@@H](Cc1ccccc1)C(=O)NC(C)(C)C)S(=O)(=O)c1ccccc1. The van der Waals surface area contributed by atoms with Crippen molar-refractivity contribution in [2.75, 3.05) is 10.8 Å². The van der Waals surface area contributed by atoms with Gasteiger partial charge >= 0.3 is 0 Å². The fourth-order valence-electron chi connectivity index (χ4n) is 4.88. The smallest absolute Gasteiger partial charge is 0.264 e. The van der Waals surface area contributed by atoms with E-state index in [2.05, 4.69) is 21.2 Å². The molecule has 7 nitrogen and oxygen atoms in total. The van der Waals surface area contributed by atoms with E-state index in [1.165, 1.54) is 23.1 Å². The third kappa shape index (κ3) is 9.19. The maximum absolute atomic E-state index is 14.6. The van der Waals surface area contributed by atoms with Crippen LogP contribution in [0.2, 0.25) is 5.02 Å². The quantitative estimate of drug-likeness (QED) is 0.179. The fraction of sp³-hybridized carbons (Fsp3) is 0.257. The topological polar surface area (TPSA) is 86.8 Å². The zero-order chi connectivity index (χ0) is 32.8. The first kappa shape index (κ1) is 34.2. The molecule has 0 aliphatic heterocycles. The zero-order valence-corrected chi connectivity index (χ0v) is 28.9. The fourth-order valence-corrected chi connectivity index (χ4v) is 6.80. The van der Waals surface area contributed by atoms with Crippen LogP contribution in [0.3, 0.4) is 0 Å². The van der Waals surface area contributed by atoms with Gasteiger partial charge in [-0.3, -0.25) is 13.9 Å². The number of aryl methyl sites for hydroxylation is 1. The second kappa shape index (κ2) is 14.6. The van der Waals surface area contributed by atoms with E-state index in [-0.39, 0.29) is 29.5 Å². The Balaban J connectivity index is 1.84. The lowest BCUT2D eigenvalue weighted by Crippen LogP contribution is -2.56. The summed E-state index contributed by atoms with van der Waals surface area (Å²) in [5.41, 5.74) is 1.97. The molecule has 0 spiro atoms. The van der Waals surface area contributed by atoms with Crippen molar-refractivity contribution in [3.05, 3.63) is 129 Å². The Labute approximate surface area is 279 Å². The van der Waals surface area contributed by atoms with Crippen LogP contribution in [0.15, 0.2) is 112 Å². The van der Waals surface area contributed by atoms with Gasteiger partial charge in [0.15, 0.2) is 0 Å². The van der Waals surface area contributed by atoms with E-state index in [0.29, 0.717) is 10.6 Å². The molecule has 2 amide bonds. The molecular weight excluding hydrogens is 674 g/mol. The monoisotopic (exact) mass is 709 g/mol. The van der Waals surface area contributed by atoms with Gasteiger partial charge in [0, 0.05) is 28.0 Å². The van der Waals surface area contributed by atoms with Crippen LogP contribution in [0.5, 0.6) is 0 Å². The highest BCUT2D eigenvalue weighted by molar-refractivity contribution is 9.10. The molecule has 1 N–H and O–H groups in total. The molecule has 4 aromatic carbocycles. The van der Waals surface area contributed by atoms with Gasteiger partial charge < -0.3 is 10.2 Å². The number of hydrogen-bond acceptors (Lipinski definition) is 4. The normalized spacial score (nSPS) is 12.3. The number of carbonyl (C=O) groups is 2. The Morgan fingerprint density at radius 1 is 0.867 bits per heavy atom. The Hall–Kier alpha value is -3.66. The molecule has 0 heterocycles. The van der Waals surface area contributed by atoms with Crippen molar-refractivity contribution < 1.29 is 18.0 Å². The van der Waals surface area contributed by atoms with Crippen molar-refractivity contribution in [2.45, 2.75) is 57.1 Å². The van der Waals surface area contributed by atoms with Crippen LogP contribution in [-0.2, 0) is 32.6 Å². The lowest BCUT2D eigenvalue weighted by Gasteiger charge is -2.35. The summed E-state index contributed by atoms with van der Waals surface area (Å²) in [5, 5.41) is 3.37. The molecule has 4 aromatic rings. The number of rotatable bonds is 11. The first-order valence-corrected chi connectivity index (χ1v) is 17.1. The highest BCUT2D eigenvalue weighted by Crippen LogP contribution is 2.30. The van der Waals surface area contributed by atoms with Gasteiger partial charge in [-0.15, -0.1) is 0 Å². The summed E-state index contributed by atoms with van der Waals surface area (Å²) in [4.78, 5) is 30.0. The summed E-state index contributed by atoms with van der Waals surface area (Å²) in [6, 6.07) is 28.8. The number of sulfonamides is 1. The highest BCUT2D eigenvalue weighted by Gasteiger charge is 2.36. The van der Waals surface area contributed by atoms with Gasteiger partial charge in [0.25, 0.3) is 10.0 Å². The standard InChI is InChI=1S/C35H37BrClN3O4S/c1-25-15-20-29(37)22-31(25)40(45(43,44)30-13-9-6-10-14-30)24-33(41)39(23-27-16-18-28(36)19-17-27)32(34(42)38-35(2,3)4)21-26-11-7-5-8-12-26/h5-20,22,32H,21,23-24H2,1-4H3,(H,38,42)/t32-/m0/s1. The molecule has 4 rings (SSSR count). The summed E-state index contributed by atoms with van der Waals surface area (Å²) in [6.45, 7) is 6.92. The van der Waals surface area contributed by atoms with Crippen LogP contribution >= 0.6 is 27.5 Å². The average Bonchev–Trinajstić information content (AvgIpc) is 3.00. The van der Waals surface area contributed by atoms with Crippen molar-refractivity contribution in [3.8, 4) is 0 Å². The first-order chi connectivity index (χ1) is 21.2. The van der Waals surface area contributed by atoms with Gasteiger partial charge in [-0.05, 0) is 80.8 Å². The molecule has 0 saturated heterocycles. The number of anilines is 1. The molecule has 1 atom stereocenters. The molecule has 0 aromatic heterocycles. The minimum Gasteiger partial charge on any atom is -0.350 e. The maximum atomic E-state index is 14.6. The predicted molar refractivity (Wildman–Crippen MR) is 184 cm³/mol. The molecule has 0 fully saturated rings. The van der Waals surface area contributed by atoms with Gasteiger partial charge in [-0.25, -0.2) is 8.42 Å². The van der Waals surface area contributed by atoms with Crippen molar-refractivity contribution >= 4 is 55.1 Å². The van der Waals surface area contributed by atoms with Crippen molar-refractivity contribution in [3.63, 3.8) is 0 Å². The average molecular weight is 711 g/mol. The molecular formula is C35H37BrClN3O4S. The van der Waals surface area contributed by atoms with Crippen LogP contribution in [-0.4, -0.2) is 43.3 Å². The number of nitrogens with one attached hydrogen (secondary N) is 1. The van der Waals surface area contributed by atoms with Crippen LogP contribution in [0.1, 0.15) is 37.5 Å². The van der Waals surface area contributed by atoms with Gasteiger partial charge in [0.05, 0.1) is 10.6 Å². The molecule has 10 heteroatoms. The minimum atomic E-state index is -4.21. The molecule has 0 bridgehead atoms. The predicted octanol–water partition coefficient (Wildman–Crippen LogP) is 7.16. The van der Waals surface area contributed by atoms with E-state index < -0.39 is 34.1 Å². The molecule has 0 aliphatic carbocycles. The van der Waals surface area contributed by atoms with E-state index in [4.69, 9.17) is 11.6 Å². The highest BCUT2D eigenvalue weighted by atomic mass is 79.9. The van der Waals surface area contributed by atoms with Crippen LogP contribution in [0, 0.1) is 6.92 Å². The minimum absolute atomic E-state index is 0.0305. The number of nitrogens with zero attached hydrogens (tertiary/aromatic N) is 2. The van der Waals surface area contributed by atoms with Crippen molar-refractivity contribution in [1.29, 1.82) is 0 Å². The lowest BCUT2D eigenvalue weighted by atomic mass is 10.0. The Kier molecular flexibility index (Phi) is 11.1. The summed E-state index contributed by atoms with van der Waals surface area (Å²) in [7, 11) is -4.21. The first-order valence-electron chi connectivity index (χ1n) is 14.5. The molecule has 0 aliphatic rings. The third-order valence-corrected chi connectivity index (χ3v) is 9.62. The second-order valence-electron chi connectivity index (χ2n) is 11.8. The number of hydrogen-bond donors (Lipinski definition) is 1. The van der Waals surface area contributed by atoms with E-state index in [1.807, 2.05) is 75.4 Å². The Bertz CT molecular complexity index is 1730. The molecule has 0 saturated carbocycles. The maximum Gasteiger partial charge on any atom is 0.264 e. The third-order valence-electron chi connectivity index (χ3n) is 7.09. The second-order valence-corrected chi connectivity index (χ2v) is 15.1. The van der Waals surface area contributed by atoms with E-state index in [0.717, 1.165) is 19.9 Å². The molecule has 0 unspecified atom stereocenters. The van der Waals surface area contributed by atoms with Crippen molar-refractivity contribution in [2.24, 2.45) is 0 Å². The van der Waals surface area contributed by atoms with Crippen LogP contribution < -0.4 is 9.62 Å². The van der Waals surface area contributed by atoms with Crippen molar-refractivity contribution in [1.82, 2.24) is 10.2 Å². The van der Waals surface area contributed by atoms with E-state index in [9.17, 15) is 18.0 Å². The zero-order valence-electron chi connectivity index (χ0n) is 25.7. The largest absolute Gasteiger partial charge is 0.350 e. The van der Waals surface area contributed by atoms with Crippen LogP contribution in [0.25, 0.3) is 0 Å². The summed E-state index contributed by atoms with van der Waals surface area (Å²) >= 11 is 9.80. The van der Waals surface area contributed by atoms with Gasteiger partial charge in [-0.1, -0.05) is 94.3 Å². The number of halogens is 2. The van der Waals surface area contributed by atoms with Crippen LogP contribution in [0.4, 0.5) is 5.69 Å². The Morgan fingerprint density at radius 2 is 1.47 bits per heavy atom. The Morgan fingerprint density at radius 3 is 2.07 bits per heavy atom. The number of carbonyl (C=O) groups excluding carboxylic acids is 2. The summed E-state index contributed by atoms with van der Waals surface area (Å²) in [5.74, 6) is -0.880. The molecule has 0 radical (unpaired) electrons. The summed E-state index contributed by atoms with van der Waals surface area (Å²) < 4.78 is 30.3. The van der Waals surface area contributed by atoms with Gasteiger partial charge in [-0.2, -0.15) is 0 Å².